The highest BCUT2D eigenvalue weighted by molar-refractivity contribution is 7.80. The van der Waals surface area contributed by atoms with E-state index in [-0.39, 0.29) is 18.7 Å². The number of likely N-dealkylation sites (N-methyl/N-ethyl adjacent to an activating group) is 1. The fourth-order valence-electron chi connectivity index (χ4n) is 3.66. The fraction of sp³-hybridized carbons (Fsp3) is 0.259. The number of nitrogens with zero attached hydrogens (tertiary/aromatic N) is 2. The molecule has 0 saturated heterocycles. The van der Waals surface area contributed by atoms with E-state index < -0.39 is 23.3 Å². The van der Waals surface area contributed by atoms with Gasteiger partial charge in [0.1, 0.15) is 17.5 Å². The number of carbonyl (C=O) groups excluding carboxylic acids is 1. The number of carboxylic acids is 1. The van der Waals surface area contributed by atoms with Crippen molar-refractivity contribution in [1.29, 1.82) is 0 Å². The molecule has 0 spiro atoms. The van der Waals surface area contributed by atoms with Gasteiger partial charge in [0.15, 0.2) is 0 Å². The number of amides is 1. The molecule has 2 unspecified atom stereocenters. The zero-order valence-electron chi connectivity index (χ0n) is 20.4. The summed E-state index contributed by atoms with van der Waals surface area (Å²) < 4.78 is 31.4. The largest absolute Gasteiger partial charge is 0.755 e. The lowest BCUT2D eigenvalue weighted by molar-refractivity contribution is -0.137. The first-order valence-electron chi connectivity index (χ1n) is 11.4. The molecular formula is C27H29N2O6S-. The highest BCUT2D eigenvalue weighted by atomic mass is 32.2. The Morgan fingerprint density at radius 2 is 1.44 bits per heavy atom. The zero-order valence-corrected chi connectivity index (χ0v) is 21.2. The minimum Gasteiger partial charge on any atom is -0.755 e. The van der Waals surface area contributed by atoms with Crippen LogP contribution in [0.5, 0.6) is 11.5 Å². The van der Waals surface area contributed by atoms with E-state index in [2.05, 4.69) is 0 Å². The quantitative estimate of drug-likeness (QED) is 0.390. The lowest BCUT2D eigenvalue weighted by atomic mass is 10.0. The Morgan fingerprint density at radius 1 is 0.917 bits per heavy atom. The normalized spacial score (nSPS) is 12.4. The van der Waals surface area contributed by atoms with Gasteiger partial charge in [-0.05, 0) is 60.9 Å². The number of rotatable bonds is 11. The van der Waals surface area contributed by atoms with E-state index in [0.29, 0.717) is 23.6 Å². The molecule has 0 fully saturated rings. The molecule has 3 aromatic rings. The molecule has 9 heteroatoms. The highest BCUT2D eigenvalue weighted by Gasteiger charge is 2.29. The molecule has 3 rings (SSSR count). The van der Waals surface area contributed by atoms with Crippen molar-refractivity contribution in [3.63, 3.8) is 0 Å². The van der Waals surface area contributed by atoms with Gasteiger partial charge in [0.25, 0.3) is 0 Å². The number of aliphatic carboxylic acids is 1. The van der Waals surface area contributed by atoms with Gasteiger partial charge in [0, 0.05) is 43.9 Å². The van der Waals surface area contributed by atoms with Gasteiger partial charge in [-0.25, -0.2) is 0 Å². The third-order valence-electron chi connectivity index (χ3n) is 5.60. The summed E-state index contributed by atoms with van der Waals surface area (Å²) in [6, 6.07) is 20.3. The monoisotopic (exact) mass is 509 g/mol. The van der Waals surface area contributed by atoms with Crippen molar-refractivity contribution in [2.75, 3.05) is 18.4 Å². The smallest absolute Gasteiger partial charge is 0.303 e. The molecule has 1 N–H and O–H groups in total. The second kappa shape index (κ2) is 12.3. The standard InChI is InChI=1S/C27H30N2O6S/c1-19-4-11-22(12-5-19)29(36(33)34)25(27(32)28(2)3)18-21-8-15-24(16-9-21)35-23-13-6-20(7-14-23)10-17-26(30)31/h4-9,11-16,25H,10,17-18H2,1-3H3,(H,30,31)(H,33,34)/p-1. The third kappa shape index (κ3) is 7.40. The molecule has 190 valence electrons. The topological polar surface area (TPSA) is 110 Å². The average Bonchev–Trinajstić information content (AvgIpc) is 2.84. The minimum atomic E-state index is -2.66. The predicted octanol–water partition coefficient (Wildman–Crippen LogP) is 4.10. The molecule has 0 aromatic heterocycles. The van der Waals surface area contributed by atoms with Crippen molar-refractivity contribution >= 4 is 28.8 Å². The molecule has 0 aliphatic rings. The molecule has 0 aliphatic heterocycles. The molecule has 3 aromatic carbocycles. The predicted molar refractivity (Wildman–Crippen MR) is 138 cm³/mol. The van der Waals surface area contributed by atoms with Crippen molar-refractivity contribution in [3.8, 4) is 11.5 Å². The number of carbonyl (C=O) groups is 2. The van der Waals surface area contributed by atoms with Crippen molar-refractivity contribution in [2.45, 2.75) is 32.2 Å². The Balaban J connectivity index is 1.76. The molecule has 0 aliphatic carbocycles. The van der Waals surface area contributed by atoms with Gasteiger partial charge < -0.3 is 19.3 Å². The van der Waals surface area contributed by atoms with Crippen molar-refractivity contribution in [1.82, 2.24) is 4.90 Å². The number of hydrogen-bond acceptors (Lipinski definition) is 5. The molecule has 36 heavy (non-hydrogen) atoms. The second-order valence-electron chi connectivity index (χ2n) is 8.61. The maximum absolute atomic E-state index is 13.0. The van der Waals surface area contributed by atoms with Gasteiger partial charge in [-0.1, -0.05) is 42.0 Å². The van der Waals surface area contributed by atoms with E-state index in [0.717, 1.165) is 21.0 Å². The summed E-state index contributed by atoms with van der Waals surface area (Å²) in [4.78, 5) is 25.1. The summed E-state index contributed by atoms with van der Waals surface area (Å²) in [6.07, 6.45) is 0.697. The first-order chi connectivity index (χ1) is 17.1. The van der Waals surface area contributed by atoms with Gasteiger partial charge in [-0.3, -0.25) is 18.1 Å². The lowest BCUT2D eigenvalue weighted by Crippen LogP contribution is -2.48. The van der Waals surface area contributed by atoms with E-state index in [1.54, 1.807) is 74.8 Å². The molecular weight excluding hydrogens is 480 g/mol. The van der Waals surface area contributed by atoms with Crippen LogP contribution < -0.4 is 9.04 Å². The van der Waals surface area contributed by atoms with Gasteiger partial charge in [-0.2, -0.15) is 0 Å². The Morgan fingerprint density at radius 3 is 1.92 bits per heavy atom. The molecule has 8 nitrogen and oxygen atoms in total. The third-order valence-corrected chi connectivity index (χ3v) is 6.38. The Hall–Kier alpha value is -3.69. The molecule has 0 bridgehead atoms. The maximum Gasteiger partial charge on any atom is 0.303 e. The van der Waals surface area contributed by atoms with E-state index in [1.807, 2.05) is 19.1 Å². The van der Waals surface area contributed by atoms with Crippen LogP contribution in [-0.2, 0) is 33.7 Å². The summed E-state index contributed by atoms with van der Waals surface area (Å²) in [5.41, 5.74) is 3.08. The van der Waals surface area contributed by atoms with E-state index in [1.165, 1.54) is 4.90 Å². The van der Waals surface area contributed by atoms with Gasteiger partial charge >= 0.3 is 5.97 Å². The van der Waals surface area contributed by atoms with Crippen LogP contribution in [0.1, 0.15) is 23.1 Å². The van der Waals surface area contributed by atoms with Crippen molar-refractivity contribution < 1.29 is 28.2 Å². The Kier molecular flexibility index (Phi) is 9.21. The van der Waals surface area contributed by atoms with Crippen LogP contribution in [0.3, 0.4) is 0 Å². The van der Waals surface area contributed by atoms with Gasteiger partial charge in [-0.15, -0.1) is 0 Å². The lowest BCUT2D eigenvalue weighted by Gasteiger charge is -2.35. The van der Waals surface area contributed by atoms with Crippen molar-refractivity contribution in [3.05, 3.63) is 89.5 Å². The minimum absolute atomic E-state index is 0.0697. The van der Waals surface area contributed by atoms with Gasteiger partial charge in [0.05, 0.1) is 0 Å². The van der Waals surface area contributed by atoms with Gasteiger partial charge in [0.2, 0.25) is 5.91 Å². The zero-order chi connectivity index (χ0) is 26.2. The Bertz CT molecular complexity index is 1190. The molecule has 0 radical (unpaired) electrons. The summed E-state index contributed by atoms with van der Waals surface area (Å²) in [5.74, 6) is 0.0154. The number of hydrogen-bond donors (Lipinski definition) is 1. The molecule has 0 saturated carbocycles. The number of carboxylic acid groups (broad SMARTS) is 1. The van der Waals surface area contributed by atoms with Crippen LogP contribution in [-0.4, -0.2) is 50.8 Å². The number of aryl methyl sites for hydroxylation is 2. The van der Waals surface area contributed by atoms with E-state index in [9.17, 15) is 18.4 Å². The molecule has 0 heterocycles. The number of ether oxygens (including phenoxy) is 1. The van der Waals surface area contributed by atoms with E-state index in [4.69, 9.17) is 9.84 Å². The van der Waals surface area contributed by atoms with Crippen LogP contribution in [0.15, 0.2) is 72.8 Å². The number of benzene rings is 3. The summed E-state index contributed by atoms with van der Waals surface area (Å²) in [5, 5.41) is 8.80. The van der Waals surface area contributed by atoms with Crippen LogP contribution in [0.4, 0.5) is 5.69 Å². The second-order valence-corrected chi connectivity index (χ2v) is 9.44. The summed E-state index contributed by atoms with van der Waals surface area (Å²) in [7, 11) is 3.19. The average molecular weight is 510 g/mol. The van der Waals surface area contributed by atoms with Crippen molar-refractivity contribution in [2.24, 2.45) is 0 Å². The first kappa shape index (κ1) is 26.9. The van der Waals surface area contributed by atoms with Crippen LogP contribution in [0.2, 0.25) is 0 Å². The Labute approximate surface area is 213 Å². The fourth-order valence-corrected chi connectivity index (χ4v) is 4.32. The maximum atomic E-state index is 13.0. The van der Waals surface area contributed by atoms with Crippen LogP contribution in [0, 0.1) is 6.92 Å². The molecule has 1 amide bonds. The SMILES string of the molecule is Cc1ccc(N(C(Cc2ccc(Oc3ccc(CCC(=O)O)cc3)cc2)C(=O)N(C)C)S(=O)[O-])cc1. The first-order valence-corrected chi connectivity index (χ1v) is 12.4. The number of anilines is 1. The molecule has 2 atom stereocenters. The van der Waals surface area contributed by atoms with E-state index >= 15 is 0 Å². The van der Waals surface area contributed by atoms with Crippen LogP contribution in [0.25, 0.3) is 0 Å². The highest BCUT2D eigenvalue weighted by Crippen LogP contribution is 2.26. The summed E-state index contributed by atoms with van der Waals surface area (Å²) in [6.45, 7) is 1.90. The van der Waals surface area contributed by atoms with Crippen LogP contribution >= 0.6 is 0 Å². The summed E-state index contributed by atoms with van der Waals surface area (Å²) >= 11 is -2.66.